The second-order valence-corrected chi connectivity index (χ2v) is 19.0. The van der Waals surface area contributed by atoms with E-state index >= 15 is 0 Å². The highest BCUT2D eigenvalue weighted by atomic mass is 32.2. The lowest BCUT2D eigenvalue weighted by Gasteiger charge is -2.34. The molecule has 4 rings (SSSR count). The van der Waals surface area contributed by atoms with Gasteiger partial charge in [0, 0.05) is 11.1 Å². The van der Waals surface area contributed by atoms with Crippen LogP contribution in [0.2, 0.25) is 0 Å². The summed E-state index contributed by atoms with van der Waals surface area (Å²) >= 11 is 0. The number of hydrogen-bond donors (Lipinski definition) is 1. The average Bonchev–Trinajstić information content (AvgIpc) is 3.02. The Hall–Kier alpha value is -3.18. The minimum atomic E-state index is -1.40. The number of rotatable bonds is 10. The van der Waals surface area contributed by atoms with Crippen molar-refractivity contribution in [2.24, 2.45) is 0 Å². The molecule has 0 aliphatic carbocycles. The lowest BCUT2D eigenvalue weighted by Crippen LogP contribution is -2.38. The summed E-state index contributed by atoms with van der Waals surface area (Å²) in [6, 6.07) is 29.4. The van der Waals surface area contributed by atoms with Crippen molar-refractivity contribution in [2.45, 2.75) is 83.9 Å². The molecule has 1 N–H and O–H groups in total. The first-order valence-electron chi connectivity index (χ1n) is 16.1. The third-order valence-electron chi connectivity index (χ3n) is 8.16. The summed E-state index contributed by atoms with van der Waals surface area (Å²) in [4.78, 5) is 0. The molecule has 0 amide bonds. The monoisotopic (exact) mass is 673 g/mol. The molecule has 4 aromatic carbocycles. The van der Waals surface area contributed by atoms with E-state index in [2.05, 4.69) is 119 Å². The van der Waals surface area contributed by atoms with Crippen molar-refractivity contribution in [1.82, 2.24) is 4.72 Å². The van der Waals surface area contributed by atoms with Crippen molar-refractivity contribution in [3.8, 4) is 17.2 Å². The predicted molar refractivity (Wildman–Crippen MR) is 202 cm³/mol. The number of hydrogen-bond acceptors (Lipinski definition) is 4. The highest BCUT2D eigenvalue weighted by Crippen LogP contribution is 2.45. The zero-order valence-corrected chi connectivity index (χ0v) is 31.9. The van der Waals surface area contributed by atoms with Gasteiger partial charge in [0.15, 0.2) is 11.5 Å². The van der Waals surface area contributed by atoms with Gasteiger partial charge in [-0.15, -0.1) is 0 Å². The SMILES string of the molecule is COc1cc(C(NS(=O)C(C)(C)C)c2cc(C(C)(C)C)c(OC)c(C(C)(C)C)c2)c(P(c2ccccc2)c2ccccc2)cc1OC. The van der Waals surface area contributed by atoms with Gasteiger partial charge in [-0.2, -0.15) is 0 Å². The van der Waals surface area contributed by atoms with Gasteiger partial charge >= 0.3 is 0 Å². The topological polar surface area (TPSA) is 56.8 Å². The third kappa shape index (κ3) is 8.28. The highest BCUT2D eigenvalue weighted by Gasteiger charge is 2.34. The Bertz CT molecular complexity index is 1610. The fourth-order valence-electron chi connectivity index (χ4n) is 5.64. The summed E-state index contributed by atoms with van der Waals surface area (Å²) in [5.74, 6) is 2.17. The van der Waals surface area contributed by atoms with Crippen LogP contribution in [0, 0.1) is 0 Å². The second kappa shape index (κ2) is 14.5. The first-order chi connectivity index (χ1) is 22.0. The van der Waals surface area contributed by atoms with Crippen LogP contribution in [0.1, 0.15) is 90.6 Å². The quantitative estimate of drug-likeness (QED) is 0.173. The summed E-state index contributed by atoms with van der Waals surface area (Å²) in [7, 11) is 2.64. The van der Waals surface area contributed by atoms with Crippen LogP contribution < -0.4 is 34.8 Å². The Kier molecular flexibility index (Phi) is 11.3. The summed E-state index contributed by atoms with van der Waals surface area (Å²) in [6.07, 6.45) is 0. The van der Waals surface area contributed by atoms with Crippen molar-refractivity contribution in [1.29, 1.82) is 0 Å². The van der Waals surface area contributed by atoms with E-state index in [0.717, 1.165) is 33.3 Å². The lowest BCUT2D eigenvalue weighted by atomic mass is 9.77. The first-order valence-corrected chi connectivity index (χ1v) is 18.6. The van der Waals surface area contributed by atoms with Crippen molar-refractivity contribution in [3.63, 3.8) is 0 Å². The van der Waals surface area contributed by atoms with Crippen LogP contribution in [0.25, 0.3) is 0 Å². The zero-order valence-electron chi connectivity index (χ0n) is 30.1. The maximum atomic E-state index is 14.1. The van der Waals surface area contributed by atoms with Crippen LogP contribution >= 0.6 is 7.92 Å². The molecule has 0 fully saturated rings. The Balaban J connectivity index is 2.18. The molecular formula is C40H52NO4PS. The van der Waals surface area contributed by atoms with E-state index in [0.29, 0.717) is 11.5 Å². The standard InChI is InChI=1S/C40H52NO4PS/c1-38(2,3)31-23-27(24-32(37(31)45-12)39(4,5)6)36(41-47(42)40(7,8)9)30-25-33(43-10)34(44-11)26-35(30)46(28-19-15-13-16-20-28)29-21-17-14-18-22-29/h13-26,36,41H,1-12H3. The molecule has 0 radical (unpaired) electrons. The third-order valence-corrected chi connectivity index (χ3v) is 12.2. The van der Waals surface area contributed by atoms with Gasteiger partial charge in [-0.25, -0.2) is 8.93 Å². The van der Waals surface area contributed by atoms with Crippen LogP contribution in [0.4, 0.5) is 0 Å². The van der Waals surface area contributed by atoms with Crippen LogP contribution in [0.15, 0.2) is 84.9 Å². The fraction of sp³-hybridized carbons (Fsp3) is 0.400. The summed E-state index contributed by atoms with van der Waals surface area (Å²) in [5, 5.41) is 3.51. The molecule has 0 aliphatic heterocycles. The summed E-state index contributed by atoms with van der Waals surface area (Å²) in [6.45, 7) is 19.3. The van der Waals surface area contributed by atoms with Gasteiger partial charge in [0.05, 0.1) is 43.1 Å². The molecule has 0 saturated carbocycles. The molecule has 47 heavy (non-hydrogen) atoms. The molecule has 0 saturated heterocycles. The van der Waals surface area contributed by atoms with Gasteiger partial charge < -0.3 is 14.2 Å². The van der Waals surface area contributed by atoms with E-state index in [1.165, 1.54) is 10.6 Å². The van der Waals surface area contributed by atoms with Crippen molar-refractivity contribution >= 4 is 34.8 Å². The average molecular weight is 674 g/mol. The Labute approximate surface area is 286 Å². The molecule has 2 unspecified atom stereocenters. The number of benzene rings is 4. The Morgan fingerprint density at radius 3 is 1.47 bits per heavy atom. The van der Waals surface area contributed by atoms with Gasteiger partial charge in [0.1, 0.15) is 5.75 Å². The van der Waals surface area contributed by atoms with Crippen molar-refractivity contribution in [3.05, 3.63) is 107 Å². The van der Waals surface area contributed by atoms with Gasteiger partial charge in [0.25, 0.3) is 0 Å². The smallest absolute Gasteiger partial charge is 0.161 e. The van der Waals surface area contributed by atoms with Gasteiger partial charge in [-0.1, -0.05) is 102 Å². The summed E-state index contributed by atoms with van der Waals surface area (Å²) in [5.41, 5.74) is 3.79. The van der Waals surface area contributed by atoms with E-state index < -0.39 is 29.7 Å². The van der Waals surface area contributed by atoms with Crippen molar-refractivity contribution < 1.29 is 18.4 Å². The molecule has 252 valence electrons. The molecule has 0 spiro atoms. The molecule has 7 heteroatoms. The molecule has 5 nitrogen and oxygen atoms in total. The molecule has 2 atom stereocenters. The van der Waals surface area contributed by atoms with Crippen molar-refractivity contribution in [2.75, 3.05) is 21.3 Å². The molecule has 0 aliphatic rings. The van der Waals surface area contributed by atoms with Gasteiger partial charge in [-0.05, 0) is 90.8 Å². The predicted octanol–water partition coefficient (Wildman–Crippen LogP) is 8.21. The number of ether oxygens (including phenoxy) is 3. The van der Waals surface area contributed by atoms with Crippen LogP contribution in [0.5, 0.6) is 17.2 Å². The Morgan fingerprint density at radius 1 is 0.638 bits per heavy atom. The first kappa shape index (κ1) is 36.7. The minimum Gasteiger partial charge on any atom is -0.496 e. The van der Waals surface area contributed by atoms with E-state index in [9.17, 15) is 4.21 Å². The van der Waals surface area contributed by atoms with E-state index in [4.69, 9.17) is 14.2 Å². The molecule has 0 aromatic heterocycles. The molecule has 0 bridgehead atoms. The van der Waals surface area contributed by atoms with Gasteiger partial charge in [0.2, 0.25) is 0 Å². The minimum absolute atomic E-state index is 0.212. The maximum absolute atomic E-state index is 14.1. The van der Waals surface area contributed by atoms with E-state index in [-0.39, 0.29) is 10.8 Å². The maximum Gasteiger partial charge on any atom is 0.161 e. The highest BCUT2D eigenvalue weighted by molar-refractivity contribution is 7.84. The second-order valence-electron chi connectivity index (χ2n) is 14.9. The molecule has 0 heterocycles. The summed E-state index contributed by atoms with van der Waals surface area (Å²) < 4.78 is 35.2. The largest absolute Gasteiger partial charge is 0.496 e. The van der Waals surface area contributed by atoms with Gasteiger partial charge in [-0.3, -0.25) is 0 Å². The lowest BCUT2D eigenvalue weighted by molar-refractivity contribution is 0.354. The number of nitrogens with one attached hydrogen (secondary N) is 1. The number of methoxy groups -OCH3 is 3. The van der Waals surface area contributed by atoms with Crippen LogP contribution in [-0.2, 0) is 21.8 Å². The molecular weight excluding hydrogens is 621 g/mol. The van der Waals surface area contributed by atoms with E-state index in [1.54, 1.807) is 21.3 Å². The van der Waals surface area contributed by atoms with E-state index in [1.807, 2.05) is 32.9 Å². The Morgan fingerprint density at radius 2 is 1.09 bits per heavy atom. The molecule has 4 aromatic rings. The fourth-order valence-corrected chi connectivity index (χ4v) is 8.96. The normalized spacial score (nSPS) is 13.7. The zero-order chi connectivity index (χ0) is 34.7. The van der Waals surface area contributed by atoms with Crippen LogP contribution in [-0.4, -0.2) is 30.3 Å². The van der Waals surface area contributed by atoms with Crippen LogP contribution in [0.3, 0.4) is 0 Å².